The number of fused-ring (bicyclic) bond motifs is 3. The van der Waals surface area contributed by atoms with Crippen LogP contribution < -0.4 is 0 Å². The number of aromatic nitrogens is 2. The Kier molecular flexibility index (Phi) is 2.27. The molecule has 0 radical (unpaired) electrons. The van der Waals surface area contributed by atoms with Crippen LogP contribution in [-0.2, 0) is 10.2 Å². The maximum atomic E-state index is 12.8. The zero-order valence-electron chi connectivity index (χ0n) is 11.8. The van der Waals surface area contributed by atoms with Gasteiger partial charge in [0.05, 0.1) is 12.2 Å². The number of carbonyl (C=O) groups is 1. The average Bonchev–Trinajstić information content (AvgIpc) is 3.11. The Morgan fingerprint density at radius 2 is 2.00 bits per heavy atom. The van der Waals surface area contributed by atoms with Gasteiger partial charge in [-0.1, -0.05) is 38.1 Å². The molecule has 1 heterocycles. The van der Waals surface area contributed by atoms with E-state index in [1.165, 1.54) is 11.1 Å². The number of aromatic amines is 1. The molecule has 0 saturated heterocycles. The first-order valence-electron chi connectivity index (χ1n) is 7.27. The largest absolute Gasteiger partial charge is 0.348 e. The number of hydrogen-bond acceptors (Lipinski definition) is 2. The van der Waals surface area contributed by atoms with Gasteiger partial charge < -0.3 is 4.98 Å². The normalized spacial score (nSPS) is 35.1. The van der Waals surface area contributed by atoms with E-state index in [1.54, 1.807) is 6.33 Å². The summed E-state index contributed by atoms with van der Waals surface area (Å²) in [6.45, 7) is 4.32. The van der Waals surface area contributed by atoms with E-state index in [1.807, 2.05) is 12.3 Å². The maximum Gasteiger partial charge on any atom is 0.144 e. The number of nitrogens with zero attached hydrogens (tertiary/aromatic N) is 1. The van der Waals surface area contributed by atoms with E-state index in [4.69, 9.17) is 0 Å². The van der Waals surface area contributed by atoms with Crippen LogP contribution in [0.3, 0.4) is 0 Å². The Labute approximate surface area is 118 Å². The Balaban J connectivity index is 2.00. The molecule has 2 aliphatic carbocycles. The van der Waals surface area contributed by atoms with Gasteiger partial charge in [0.15, 0.2) is 0 Å². The highest BCUT2D eigenvalue weighted by Gasteiger charge is 2.61. The van der Waals surface area contributed by atoms with Crippen LogP contribution in [0.5, 0.6) is 0 Å². The third-order valence-corrected chi connectivity index (χ3v) is 5.48. The molecule has 1 fully saturated rings. The van der Waals surface area contributed by atoms with Crippen molar-refractivity contribution in [2.75, 3.05) is 0 Å². The van der Waals surface area contributed by atoms with E-state index in [0.29, 0.717) is 11.7 Å². The number of benzene rings is 1. The molecule has 1 aromatic heterocycles. The van der Waals surface area contributed by atoms with Gasteiger partial charge >= 0.3 is 0 Å². The predicted octanol–water partition coefficient (Wildman–Crippen LogP) is 3.16. The lowest BCUT2D eigenvalue weighted by atomic mass is 9.70. The minimum Gasteiger partial charge on any atom is -0.348 e. The van der Waals surface area contributed by atoms with Gasteiger partial charge in [-0.3, -0.25) is 4.79 Å². The summed E-state index contributed by atoms with van der Waals surface area (Å²) in [7, 11) is 0. The smallest absolute Gasteiger partial charge is 0.144 e. The number of Topliss-reactive ketones (excluding diaryl/α,β-unsaturated/α-hetero) is 1. The number of H-pyrrole nitrogens is 1. The topological polar surface area (TPSA) is 45.8 Å². The lowest BCUT2D eigenvalue weighted by Crippen LogP contribution is -2.31. The van der Waals surface area contributed by atoms with E-state index in [9.17, 15) is 4.79 Å². The molecule has 0 amide bonds. The average molecular weight is 266 g/mol. The van der Waals surface area contributed by atoms with Gasteiger partial charge in [-0.15, -0.1) is 0 Å². The fraction of sp³-hybridized carbons (Fsp3) is 0.412. The molecular formula is C17H18N2O. The number of hydrogen-bond donors (Lipinski definition) is 1. The van der Waals surface area contributed by atoms with E-state index in [0.717, 1.165) is 12.1 Å². The number of carbonyl (C=O) groups excluding carboxylic acids is 1. The summed E-state index contributed by atoms with van der Waals surface area (Å²) in [5.74, 6) is 0.845. The summed E-state index contributed by atoms with van der Waals surface area (Å²) >= 11 is 0. The molecule has 3 nitrogen and oxygen atoms in total. The third kappa shape index (κ3) is 1.21. The van der Waals surface area contributed by atoms with Gasteiger partial charge in [-0.05, 0) is 23.5 Å². The first kappa shape index (κ1) is 11.9. The zero-order valence-corrected chi connectivity index (χ0v) is 11.8. The summed E-state index contributed by atoms with van der Waals surface area (Å²) in [4.78, 5) is 20.2. The fourth-order valence-electron chi connectivity index (χ4n) is 4.58. The second-order valence-electron chi connectivity index (χ2n) is 6.30. The molecule has 4 atom stereocenters. The van der Waals surface area contributed by atoms with Crippen LogP contribution in [0.1, 0.15) is 48.9 Å². The van der Waals surface area contributed by atoms with Gasteiger partial charge in [-0.2, -0.15) is 0 Å². The highest BCUT2D eigenvalue weighted by Crippen LogP contribution is 2.63. The van der Waals surface area contributed by atoms with Gasteiger partial charge in [-0.25, -0.2) is 4.98 Å². The van der Waals surface area contributed by atoms with Crippen molar-refractivity contribution in [3.63, 3.8) is 0 Å². The zero-order chi connectivity index (χ0) is 13.9. The van der Waals surface area contributed by atoms with Crippen molar-refractivity contribution in [3.05, 3.63) is 53.6 Å². The Morgan fingerprint density at radius 1 is 1.25 bits per heavy atom. The molecule has 4 unspecified atom stereocenters. The predicted molar refractivity (Wildman–Crippen MR) is 76.7 cm³/mol. The molecule has 102 valence electrons. The number of ketones is 1. The van der Waals surface area contributed by atoms with E-state index in [2.05, 4.69) is 42.0 Å². The quantitative estimate of drug-likeness (QED) is 0.861. The van der Waals surface area contributed by atoms with Crippen molar-refractivity contribution in [2.24, 2.45) is 5.92 Å². The first-order valence-corrected chi connectivity index (χ1v) is 7.27. The monoisotopic (exact) mass is 266 g/mol. The van der Waals surface area contributed by atoms with Crippen molar-refractivity contribution in [1.82, 2.24) is 9.97 Å². The summed E-state index contributed by atoms with van der Waals surface area (Å²) in [6.07, 6.45) is 4.54. The highest BCUT2D eigenvalue weighted by molar-refractivity contribution is 5.94. The molecule has 2 aliphatic rings. The molecule has 1 aromatic carbocycles. The first-order chi connectivity index (χ1) is 9.66. The van der Waals surface area contributed by atoms with E-state index >= 15 is 0 Å². The van der Waals surface area contributed by atoms with E-state index < -0.39 is 0 Å². The van der Waals surface area contributed by atoms with Crippen molar-refractivity contribution >= 4 is 5.78 Å². The Hall–Kier alpha value is -1.90. The molecular weight excluding hydrogens is 248 g/mol. The van der Waals surface area contributed by atoms with E-state index in [-0.39, 0.29) is 17.3 Å². The molecule has 1 saturated carbocycles. The number of rotatable bonds is 1. The Morgan fingerprint density at radius 3 is 2.70 bits per heavy atom. The fourth-order valence-corrected chi connectivity index (χ4v) is 4.58. The van der Waals surface area contributed by atoms with Crippen LogP contribution in [0, 0.1) is 5.92 Å². The minimum absolute atomic E-state index is 0.0100. The molecule has 0 spiro atoms. The molecule has 0 aliphatic heterocycles. The summed E-state index contributed by atoms with van der Waals surface area (Å²) in [5.41, 5.74) is 3.54. The van der Waals surface area contributed by atoms with Gasteiger partial charge in [0.25, 0.3) is 0 Å². The molecule has 20 heavy (non-hydrogen) atoms. The van der Waals surface area contributed by atoms with Crippen LogP contribution in [-0.4, -0.2) is 15.8 Å². The second-order valence-corrected chi connectivity index (χ2v) is 6.30. The standard InChI is InChI=1S/C17H18N2O/c1-10-7-17(14-8-18-9-19-14)11(2)12-5-3-4-6-13(12)15(17)16(10)20/h3-6,8-11,15H,7H2,1-2H3,(H,18,19). The summed E-state index contributed by atoms with van der Waals surface area (Å²) in [5, 5.41) is 0. The molecule has 3 heteroatoms. The van der Waals surface area contributed by atoms with Crippen molar-refractivity contribution in [1.29, 1.82) is 0 Å². The minimum atomic E-state index is -0.128. The van der Waals surface area contributed by atoms with Crippen molar-refractivity contribution in [3.8, 4) is 0 Å². The third-order valence-electron chi connectivity index (χ3n) is 5.48. The molecule has 1 N–H and O–H groups in total. The van der Waals surface area contributed by atoms with Gasteiger partial charge in [0.2, 0.25) is 0 Å². The Bertz CT molecular complexity index is 676. The number of nitrogens with one attached hydrogen (secondary N) is 1. The summed E-state index contributed by atoms with van der Waals surface area (Å²) in [6, 6.07) is 8.43. The molecule has 4 rings (SSSR count). The van der Waals surface area contributed by atoms with Gasteiger partial charge in [0.1, 0.15) is 5.78 Å². The SMILES string of the molecule is CC1CC2(c3cnc[nH]3)C(C)c3ccccc3C2C1=O. The van der Waals surface area contributed by atoms with Crippen LogP contribution in [0.2, 0.25) is 0 Å². The van der Waals surface area contributed by atoms with Crippen molar-refractivity contribution in [2.45, 2.75) is 37.5 Å². The lowest BCUT2D eigenvalue weighted by molar-refractivity contribution is -0.121. The molecule has 0 bridgehead atoms. The van der Waals surface area contributed by atoms with Crippen LogP contribution in [0.15, 0.2) is 36.8 Å². The summed E-state index contributed by atoms with van der Waals surface area (Å²) < 4.78 is 0. The number of imidazole rings is 1. The van der Waals surface area contributed by atoms with Crippen LogP contribution in [0.25, 0.3) is 0 Å². The van der Waals surface area contributed by atoms with Gasteiger partial charge in [0, 0.05) is 23.2 Å². The van der Waals surface area contributed by atoms with Crippen molar-refractivity contribution < 1.29 is 4.79 Å². The van der Waals surface area contributed by atoms with Crippen LogP contribution in [0.4, 0.5) is 0 Å². The molecule has 2 aromatic rings. The highest BCUT2D eigenvalue weighted by atomic mass is 16.1. The maximum absolute atomic E-state index is 12.8. The van der Waals surface area contributed by atoms with Crippen LogP contribution >= 0.6 is 0 Å². The lowest BCUT2D eigenvalue weighted by Gasteiger charge is -2.32. The second kappa shape index (κ2) is 3.81.